The summed E-state index contributed by atoms with van der Waals surface area (Å²) in [6.45, 7) is 2.93. The van der Waals surface area contributed by atoms with Crippen molar-refractivity contribution in [3.05, 3.63) is 16.1 Å². The zero-order chi connectivity index (χ0) is 12.3. The van der Waals surface area contributed by atoms with Crippen LogP contribution >= 0.6 is 11.3 Å². The van der Waals surface area contributed by atoms with Crippen molar-refractivity contribution in [2.45, 2.75) is 45.2 Å². The Balaban J connectivity index is 1.75. The highest BCUT2D eigenvalue weighted by Crippen LogP contribution is 2.24. The summed E-state index contributed by atoms with van der Waals surface area (Å²) in [4.78, 5) is 16.6. The Bertz CT molecular complexity index is 383. The van der Waals surface area contributed by atoms with Gasteiger partial charge in [-0.25, -0.2) is 4.98 Å². The standard InChI is InChI=1S/C12H19N3OS/c1-8-11(17-7-15-8)6-14-10-4-2-9(3-5-10)12(13)16/h7,9-10,14H,2-6H2,1H3,(H2,13,16). The van der Waals surface area contributed by atoms with E-state index in [-0.39, 0.29) is 11.8 Å². The molecule has 1 aliphatic carbocycles. The summed E-state index contributed by atoms with van der Waals surface area (Å²) >= 11 is 1.70. The first-order valence-electron chi connectivity index (χ1n) is 6.08. The number of hydrogen-bond donors (Lipinski definition) is 2. The van der Waals surface area contributed by atoms with Crippen molar-refractivity contribution in [1.29, 1.82) is 0 Å². The zero-order valence-electron chi connectivity index (χ0n) is 10.1. The van der Waals surface area contributed by atoms with Crippen molar-refractivity contribution in [2.24, 2.45) is 11.7 Å². The molecule has 1 heterocycles. The van der Waals surface area contributed by atoms with Gasteiger partial charge in [-0.1, -0.05) is 0 Å². The van der Waals surface area contributed by atoms with Gasteiger partial charge in [0.05, 0.1) is 11.2 Å². The normalized spacial score (nSPS) is 24.8. The summed E-state index contributed by atoms with van der Waals surface area (Å²) < 4.78 is 0. The Morgan fingerprint density at radius 2 is 2.24 bits per heavy atom. The first kappa shape index (κ1) is 12.5. The van der Waals surface area contributed by atoms with Crippen molar-refractivity contribution in [3.8, 4) is 0 Å². The molecule has 1 aromatic rings. The van der Waals surface area contributed by atoms with Crippen molar-refractivity contribution >= 4 is 17.2 Å². The molecule has 1 saturated carbocycles. The number of amides is 1. The van der Waals surface area contributed by atoms with Gasteiger partial charge in [0, 0.05) is 23.4 Å². The molecule has 0 unspecified atom stereocenters. The lowest BCUT2D eigenvalue weighted by Gasteiger charge is -2.27. The molecule has 5 heteroatoms. The third kappa shape index (κ3) is 3.26. The van der Waals surface area contributed by atoms with Gasteiger partial charge in [-0.3, -0.25) is 4.79 Å². The molecular weight excluding hydrogens is 234 g/mol. The second kappa shape index (κ2) is 5.60. The third-order valence-corrected chi connectivity index (χ3v) is 4.46. The topological polar surface area (TPSA) is 68.0 Å². The summed E-state index contributed by atoms with van der Waals surface area (Å²) in [5.74, 6) is -0.0417. The minimum atomic E-state index is -0.137. The molecule has 1 aromatic heterocycles. The quantitative estimate of drug-likeness (QED) is 0.856. The van der Waals surface area contributed by atoms with Crippen LogP contribution in [-0.4, -0.2) is 16.9 Å². The number of thiazole rings is 1. The van der Waals surface area contributed by atoms with E-state index in [1.54, 1.807) is 11.3 Å². The highest BCUT2D eigenvalue weighted by Gasteiger charge is 2.24. The SMILES string of the molecule is Cc1ncsc1CNC1CCC(C(N)=O)CC1. The number of rotatable bonds is 4. The molecule has 0 spiro atoms. The van der Waals surface area contributed by atoms with E-state index in [2.05, 4.69) is 10.3 Å². The maximum Gasteiger partial charge on any atom is 0.220 e. The maximum absolute atomic E-state index is 11.0. The average molecular weight is 253 g/mol. The number of aryl methyl sites for hydroxylation is 1. The molecule has 0 saturated heterocycles. The Morgan fingerprint density at radius 3 is 2.76 bits per heavy atom. The average Bonchev–Trinajstić information content (AvgIpc) is 2.73. The molecule has 0 aromatic carbocycles. The second-order valence-corrected chi connectivity index (χ2v) is 5.63. The van der Waals surface area contributed by atoms with E-state index in [0.29, 0.717) is 6.04 Å². The van der Waals surface area contributed by atoms with Gasteiger partial charge in [-0.15, -0.1) is 11.3 Å². The largest absolute Gasteiger partial charge is 0.369 e. The molecule has 0 radical (unpaired) electrons. The van der Waals surface area contributed by atoms with E-state index in [9.17, 15) is 4.79 Å². The smallest absolute Gasteiger partial charge is 0.220 e. The summed E-state index contributed by atoms with van der Waals surface area (Å²) in [6.07, 6.45) is 3.94. The number of primary amides is 1. The van der Waals surface area contributed by atoms with Crippen LogP contribution in [0.3, 0.4) is 0 Å². The number of nitrogens with two attached hydrogens (primary N) is 1. The third-order valence-electron chi connectivity index (χ3n) is 3.53. The van der Waals surface area contributed by atoms with Gasteiger partial charge in [0.2, 0.25) is 5.91 Å². The van der Waals surface area contributed by atoms with Crippen LogP contribution in [-0.2, 0) is 11.3 Å². The van der Waals surface area contributed by atoms with E-state index >= 15 is 0 Å². The van der Waals surface area contributed by atoms with Gasteiger partial charge in [-0.05, 0) is 32.6 Å². The molecule has 17 heavy (non-hydrogen) atoms. The van der Waals surface area contributed by atoms with E-state index < -0.39 is 0 Å². The Kier molecular flexibility index (Phi) is 4.12. The molecule has 1 aliphatic rings. The van der Waals surface area contributed by atoms with Crippen molar-refractivity contribution in [3.63, 3.8) is 0 Å². The first-order chi connectivity index (χ1) is 8.16. The number of aromatic nitrogens is 1. The molecule has 1 fully saturated rings. The molecular formula is C12H19N3OS. The first-order valence-corrected chi connectivity index (χ1v) is 6.96. The van der Waals surface area contributed by atoms with E-state index in [0.717, 1.165) is 37.9 Å². The van der Waals surface area contributed by atoms with Gasteiger partial charge in [0.15, 0.2) is 0 Å². The fraction of sp³-hybridized carbons (Fsp3) is 0.667. The van der Waals surface area contributed by atoms with Crippen LogP contribution < -0.4 is 11.1 Å². The predicted molar refractivity (Wildman–Crippen MR) is 68.6 cm³/mol. The van der Waals surface area contributed by atoms with Gasteiger partial charge in [0.25, 0.3) is 0 Å². The van der Waals surface area contributed by atoms with Crippen molar-refractivity contribution in [1.82, 2.24) is 10.3 Å². The van der Waals surface area contributed by atoms with Gasteiger partial charge >= 0.3 is 0 Å². The lowest BCUT2D eigenvalue weighted by atomic mass is 9.85. The summed E-state index contributed by atoms with van der Waals surface area (Å²) in [5, 5.41) is 3.54. The van der Waals surface area contributed by atoms with Crippen molar-refractivity contribution in [2.75, 3.05) is 0 Å². The molecule has 94 valence electrons. The lowest BCUT2D eigenvalue weighted by molar-refractivity contribution is -0.122. The van der Waals surface area contributed by atoms with E-state index in [1.165, 1.54) is 4.88 Å². The molecule has 0 bridgehead atoms. The fourth-order valence-corrected chi connectivity index (χ4v) is 3.04. The van der Waals surface area contributed by atoms with Crippen molar-refractivity contribution < 1.29 is 4.79 Å². The van der Waals surface area contributed by atoms with Crippen LogP contribution in [0.1, 0.15) is 36.3 Å². The molecule has 0 aliphatic heterocycles. The number of hydrogen-bond acceptors (Lipinski definition) is 4. The number of carbonyl (C=O) groups is 1. The molecule has 3 N–H and O–H groups in total. The fourth-order valence-electron chi connectivity index (χ4n) is 2.31. The van der Waals surface area contributed by atoms with Crippen LogP contribution in [0.15, 0.2) is 5.51 Å². The van der Waals surface area contributed by atoms with Crippen LogP contribution in [0.25, 0.3) is 0 Å². The Hall–Kier alpha value is -0.940. The van der Waals surface area contributed by atoms with Crippen LogP contribution in [0.4, 0.5) is 0 Å². The number of carbonyl (C=O) groups excluding carboxylic acids is 1. The van der Waals surface area contributed by atoms with Crippen LogP contribution in [0, 0.1) is 12.8 Å². The number of nitrogens with one attached hydrogen (secondary N) is 1. The highest BCUT2D eigenvalue weighted by atomic mass is 32.1. The number of nitrogens with zero attached hydrogens (tertiary/aromatic N) is 1. The second-order valence-electron chi connectivity index (χ2n) is 4.69. The Morgan fingerprint density at radius 1 is 1.53 bits per heavy atom. The van der Waals surface area contributed by atoms with E-state index in [4.69, 9.17) is 5.73 Å². The zero-order valence-corrected chi connectivity index (χ0v) is 10.9. The van der Waals surface area contributed by atoms with Gasteiger partial charge in [-0.2, -0.15) is 0 Å². The minimum Gasteiger partial charge on any atom is -0.369 e. The van der Waals surface area contributed by atoms with Crippen LogP contribution in [0.5, 0.6) is 0 Å². The summed E-state index contributed by atoms with van der Waals surface area (Å²) in [5.41, 5.74) is 8.32. The van der Waals surface area contributed by atoms with Gasteiger partial charge in [0.1, 0.15) is 0 Å². The maximum atomic E-state index is 11.0. The monoisotopic (exact) mass is 253 g/mol. The summed E-state index contributed by atoms with van der Waals surface area (Å²) in [6, 6.07) is 0.520. The van der Waals surface area contributed by atoms with Crippen LogP contribution in [0.2, 0.25) is 0 Å². The highest BCUT2D eigenvalue weighted by molar-refractivity contribution is 7.09. The minimum absolute atomic E-state index is 0.0955. The lowest BCUT2D eigenvalue weighted by Crippen LogP contribution is -2.36. The summed E-state index contributed by atoms with van der Waals surface area (Å²) in [7, 11) is 0. The Labute approximate surface area is 106 Å². The molecule has 1 amide bonds. The predicted octanol–water partition coefficient (Wildman–Crippen LogP) is 1.59. The molecule has 2 rings (SSSR count). The molecule has 4 nitrogen and oxygen atoms in total. The molecule has 0 atom stereocenters. The van der Waals surface area contributed by atoms with E-state index in [1.807, 2.05) is 12.4 Å². The van der Waals surface area contributed by atoms with Gasteiger partial charge < -0.3 is 11.1 Å².